The summed E-state index contributed by atoms with van der Waals surface area (Å²) in [5.41, 5.74) is 8.10. The van der Waals surface area contributed by atoms with Gasteiger partial charge < -0.3 is 20.4 Å². The molecule has 0 unspecified atom stereocenters. The summed E-state index contributed by atoms with van der Waals surface area (Å²) in [6.07, 6.45) is -2.07. The van der Waals surface area contributed by atoms with Gasteiger partial charge >= 0.3 is 6.18 Å². The molecule has 0 saturated heterocycles. The maximum absolute atomic E-state index is 13.5. The van der Waals surface area contributed by atoms with Crippen molar-refractivity contribution in [1.29, 1.82) is 0 Å². The largest absolute Gasteiger partial charge is 0.545 e. The number of ether oxygens (including phenoxy) is 1. The standard InChI is InChI=1S/C25H21F3N2O3/c26-25(27,28)18-12-22(23(30-13-18)33-14-15-5-2-1-3-6-15)21-8-4-7-20(21)16-9-17(24(31)32)11-19(29)10-16/h1-3,5-6,9-13H,4,7-8,14,29H2,(H,31,32)/p-1. The molecular weight excluding hydrogens is 433 g/mol. The summed E-state index contributed by atoms with van der Waals surface area (Å²) in [4.78, 5) is 15.4. The number of rotatable bonds is 6. The highest BCUT2D eigenvalue weighted by Gasteiger charge is 2.33. The van der Waals surface area contributed by atoms with Crippen LogP contribution in [-0.4, -0.2) is 11.0 Å². The molecule has 170 valence electrons. The lowest BCUT2D eigenvalue weighted by atomic mass is 9.95. The van der Waals surface area contributed by atoms with Crippen molar-refractivity contribution >= 4 is 22.8 Å². The van der Waals surface area contributed by atoms with E-state index in [9.17, 15) is 23.1 Å². The van der Waals surface area contributed by atoms with Crippen molar-refractivity contribution in [1.82, 2.24) is 4.98 Å². The van der Waals surface area contributed by atoms with Gasteiger partial charge in [-0.25, -0.2) is 4.98 Å². The Morgan fingerprint density at radius 1 is 1.06 bits per heavy atom. The Morgan fingerprint density at radius 3 is 2.48 bits per heavy atom. The van der Waals surface area contributed by atoms with E-state index in [1.54, 1.807) is 6.07 Å². The first-order valence-corrected chi connectivity index (χ1v) is 10.3. The van der Waals surface area contributed by atoms with E-state index in [2.05, 4.69) is 4.98 Å². The fraction of sp³-hybridized carbons (Fsp3) is 0.200. The molecule has 3 aromatic rings. The van der Waals surface area contributed by atoms with Crippen molar-refractivity contribution in [2.45, 2.75) is 32.0 Å². The minimum absolute atomic E-state index is 0.0882. The van der Waals surface area contributed by atoms with E-state index < -0.39 is 17.7 Å². The van der Waals surface area contributed by atoms with Crippen molar-refractivity contribution in [2.75, 3.05) is 5.73 Å². The molecule has 2 N–H and O–H groups in total. The maximum Gasteiger partial charge on any atom is 0.417 e. The first kappa shape index (κ1) is 22.4. The van der Waals surface area contributed by atoms with E-state index >= 15 is 0 Å². The van der Waals surface area contributed by atoms with Gasteiger partial charge in [0, 0.05) is 17.4 Å². The highest BCUT2D eigenvalue weighted by atomic mass is 19.4. The number of allylic oxidation sites excluding steroid dienone is 2. The van der Waals surface area contributed by atoms with E-state index in [-0.39, 0.29) is 29.3 Å². The summed E-state index contributed by atoms with van der Waals surface area (Å²) in [7, 11) is 0. The van der Waals surface area contributed by atoms with E-state index in [0.29, 0.717) is 30.4 Å². The molecule has 33 heavy (non-hydrogen) atoms. The molecule has 2 aromatic carbocycles. The Hall–Kier alpha value is -3.81. The van der Waals surface area contributed by atoms with Crippen molar-refractivity contribution in [3.63, 3.8) is 0 Å². The topological polar surface area (TPSA) is 88.3 Å². The zero-order valence-corrected chi connectivity index (χ0v) is 17.5. The lowest BCUT2D eigenvalue weighted by molar-refractivity contribution is -0.255. The summed E-state index contributed by atoms with van der Waals surface area (Å²) in [6.45, 7) is 0.141. The zero-order chi connectivity index (χ0) is 23.6. The van der Waals surface area contributed by atoms with Gasteiger partial charge in [-0.1, -0.05) is 30.3 Å². The predicted octanol–water partition coefficient (Wildman–Crippen LogP) is 4.72. The van der Waals surface area contributed by atoms with Crippen molar-refractivity contribution in [3.05, 3.63) is 88.6 Å². The van der Waals surface area contributed by atoms with Crippen molar-refractivity contribution in [3.8, 4) is 5.88 Å². The molecule has 0 amide bonds. The number of aromatic carboxylic acids is 1. The van der Waals surface area contributed by atoms with Crippen LogP contribution in [0.25, 0.3) is 11.1 Å². The number of hydrogen-bond donors (Lipinski definition) is 1. The number of carboxylic acid groups (broad SMARTS) is 1. The Labute approximate surface area is 188 Å². The minimum atomic E-state index is -4.57. The number of nitrogen functional groups attached to an aromatic ring is 1. The second-order valence-electron chi connectivity index (χ2n) is 7.79. The normalized spacial score (nSPS) is 13.9. The predicted molar refractivity (Wildman–Crippen MR) is 116 cm³/mol. The molecule has 0 bridgehead atoms. The third-order valence-corrected chi connectivity index (χ3v) is 5.48. The number of carboxylic acids is 1. The summed E-state index contributed by atoms with van der Waals surface area (Å²) in [5, 5.41) is 11.4. The van der Waals surface area contributed by atoms with Crippen LogP contribution in [0.15, 0.2) is 60.8 Å². The Balaban J connectivity index is 1.81. The molecule has 1 aliphatic carbocycles. The number of anilines is 1. The number of nitrogens with two attached hydrogens (primary N) is 1. The number of nitrogens with zero attached hydrogens (tertiary/aromatic N) is 1. The third kappa shape index (κ3) is 5.00. The van der Waals surface area contributed by atoms with Gasteiger partial charge in [0.05, 0.1) is 11.5 Å². The van der Waals surface area contributed by atoms with E-state index in [4.69, 9.17) is 10.5 Å². The molecule has 1 aromatic heterocycles. The van der Waals surface area contributed by atoms with Crippen molar-refractivity contribution in [2.24, 2.45) is 0 Å². The average molecular weight is 453 g/mol. The van der Waals surface area contributed by atoms with Gasteiger partial charge in [-0.15, -0.1) is 0 Å². The average Bonchev–Trinajstić information content (AvgIpc) is 3.27. The quantitative estimate of drug-likeness (QED) is 0.546. The van der Waals surface area contributed by atoms with Crippen LogP contribution >= 0.6 is 0 Å². The van der Waals surface area contributed by atoms with Crippen LogP contribution in [0.1, 0.15) is 51.9 Å². The summed E-state index contributed by atoms with van der Waals surface area (Å²) in [5.74, 6) is -1.29. The lowest BCUT2D eigenvalue weighted by Gasteiger charge is -2.17. The van der Waals surface area contributed by atoms with Gasteiger partial charge in [0.1, 0.15) is 6.61 Å². The molecular formula is C25H20F3N2O3-. The smallest absolute Gasteiger partial charge is 0.417 e. The van der Waals surface area contributed by atoms with Gasteiger partial charge in [-0.2, -0.15) is 13.2 Å². The second kappa shape index (κ2) is 8.97. The van der Waals surface area contributed by atoms with E-state index in [0.717, 1.165) is 23.4 Å². The molecule has 0 saturated carbocycles. The number of alkyl halides is 3. The van der Waals surface area contributed by atoms with Crippen LogP contribution in [0, 0.1) is 0 Å². The second-order valence-corrected chi connectivity index (χ2v) is 7.79. The van der Waals surface area contributed by atoms with E-state index in [1.165, 1.54) is 12.1 Å². The van der Waals surface area contributed by atoms with Crippen LogP contribution < -0.4 is 15.6 Å². The minimum Gasteiger partial charge on any atom is -0.545 e. The summed E-state index contributed by atoms with van der Waals surface area (Å²) < 4.78 is 46.2. The van der Waals surface area contributed by atoms with Gasteiger partial charge in [0.25, 0.3) is 0 Å². The number of carbonyl (C=O) groups excluding carboxylic acids is 1. The SMILES string of the molecule is Nc1cc(C(=O)[O-])cc(C2=C(c3cc(C(F)(F)F)cnc3OCc3ccccc3)CCC2)c1. The molecule has 5 nitrogen and oxygen atoms in total. The van der Waals surface area contributed by atoms with Crippen LogP contribution in [0.2, 0.25) is 0 Å². The molecule has 8 heteroatoms. The first-order valence-electron chi connectivity index (χ1n) is 10.3. The number of aromatic nitrogens is 1. The van der Waals surface area contributed by atoms with Gasteiger partial charge in [0.2, 0.25) is 5.88 Å². The number of hydrogen-bond acceptors (Lipinski definition) is 5. The van der Waals surface area contributed by atoms with E-state index in [1.807, 2.05) is 30.3 Å². The highest BCUT2D eigenvalue weighted by molar-refractivity contribution is 5.96. The van der Waals surface area contributed by atoms with Gasteiger partial charge in [0.15, 0.2) is 0 Å². The summed E-state index contributed by atoms with van der Waals surface area (Å²) in [6, 6.07) is 14.6. The first-order chi connectivity index (χ1) is 15.7. The van der Waals surface area contributed by atoms with Gasteiger partial charge in [-0.05, 0) is 71.4 Å². The molecule has 4 rings (SSSR count). The van der Waals surface area contributed by atoms with Crippen LogP contribution in [0.3, 0.4) is 0 Å². The molecule has 0 aliphatic heterocycles. The molecule has 1 aliphatic rings. The fourth-order valence-electron chi connectivity index (χ4n) is 3.97. The Morgan fingerprint density at radius 2 is 1.79 bits per heavy atom. The Bertz CT molecular complexity index is 1220. The number of pyridine rings is 1. The van der Waals surface area contributed by atoms with Crippen LogP contribution in [0.4, 0.5) is 18.9 Å². The number of carbonyl (C=O) groups is 1. The maximum atomic E-state index is 13.5. The molecule has 0 radical (unpaired) electrons. The molecule has 1 heterocycles. The molecule has 0 spiro atoms. The number of benzene rings is 2. The third-order valence-electron chi connectivity index (χ3n) is 5.48. The molecule has 0 atom stereocenters. The lowest BCUT2D eigenvalue weighted by Crippen LogP contribution is -2.22. The molecule has 0 fully saturated rings. The monoisotopic (exact) mass is 453 g/mol. The zero-order valence-electron chi connectivity index (χ0n) is 17.5. The van der Waals surface area contributed by atoms with Crippen LogP contribution in [0.5, 0.6) is 5.88 Å². The van der Waals surface area contributed by atoms with Crippen LogP contribution in [-0.2, 0) is 12.8 Å². The summed E-state index contributed by atoms with van der Waals surface area (Å²) >= 11 is 0. The van der Waals surface area contributed by atoms with Gasteiger partial charge in [-0.3, -0.25) is 0 Å². The van der Waals surface area contributed by atoms with Crippen molar-refractivity contribution < 1.29 is 27.8 Å². The fourth-order valence-corrected chi connectivity index (χ4v) is 3.97. The Kier molecular flexibility index (Phi) is 6.09. The number of halogens is 3. The highest BCUT2D eigenvalue weighted by Crippen LogP contribution is 2.44.